The van der Waals surface area contributed by atoms with Crippen LogP contribution in [0.4, 0.5) is 13.2 Å². The highest BCUT2D eigenvalue weighted by molar-refractivity contribution is 5.91. The molecular formula is C16H14F3NO3. The van der Waals surface area contributed by atoms with Crippen molar-refractivity contribution in [1.82, 2.24) is 5.32 Å². The predicted octanol–water partition coefficient (Wildman–Crippen LogP) is 3.16. The minimum absolute atomic E-state index is 0.111. The fourth-order valence-corrected chi connectivity index (χ4v) is 1.81. The first kappa shape index (κ1) is 16.8. The molecule has 1 atom stereocenters. The molecule has 0 aliphatic rings. The summed E-state index contributed by atoms with van der Waals surface area (Å²) in [5, 5.41) is 12.3. The highest BCUT2D eigenvalue weighted by atomic mass is 19.4. The SMILES string of the molecule is O=C(/C=C/c1ccoc1)NCC(O)c1ccc(C(F)(F)F)cc1. The number of rotatable bonds is 5. The standard InChI is InChI=1S/C16H14F3NO3/c17-16(18,19)13-4-2-12(3-5-13)14(21)9-20-15(22)6-1-11-7-8-23-10-11/h1-8,10,14,21H,9H2,(H,20,22)/b6-1+. The molecule has 1 amide bonds. The number of aliphatic hydroxyl groups excluding tert-OH is 1. The quantitative estimate of drug-likeness (QED) is 0.830. The number of carbonyl (C=O) groups is 1. The highest BCUT2D eigenvalue weighted by Crippen LogP contribution is 2.29. The van der Waals surface area contributed by atoms with Crippen molar-refractivity contribution < 1.29 is 27.5 Å². The van der Waals surface area contributed by atoms with Crippen molar-refractivity contribution in [2.24, 2.45) is 0 Å². The third kappa shape index (κ3) is 5.00. The molecule has 2 N–H and O–H groups in total. The lowest BCUT2D eigenvalue weighted by Crippen LogP contribution is -2.26. The van der Waals surface area contributed by atoms with E-state index in [1.807, 2.05) is 0 Å². The molecule has 0 saturated heterocycles. The fraction of sp³-hybridized carbons (Fsp3) is 0.188. The van der Waals surface area contributed by atoms with Gasteiger partial charge in [-0.15, -0.1) is 0 Å². The second-order valence-electron chi connectivity index (χ2n) is 4.77. The zero-order valence-corrected chi connectivity index (χ0v) is 11.9. The van der Waals surface area contributed by atoms with Crippen LogP contribution in [0.2, 0.25) is 0 Å². The zero-order chi connectivity index (χ0) is 16.9. The molecule has 1 aromatic carbocycles. The van der Waals surface area contributed by atoms with E-state index in [0.29, 0.717) is 5.56 Å². The molecule has 4 nitrogen and oxygen atoms in total. The lowest BCUT2D eigenvalue weighted by Gasteiger charge is -2.13. The molecule has 1 heterocycles. The molecule has 0 spiro atoms. The third-order valence-electron chi connectivity index (χ3n) is 3.06. The predicted molar refractivity (Wildman–Crippen MR) is 77.2 cm³/mol. The van der Waals surface area contributed by atoms with Crippen molar-refractivity contribution in [2.75, 3.05) is 6.54 Å². The van der Waals surface area contributed by atoms with Gasteiger partial charge >= 0.3 is 6.18 Å². The van der Waals surface area contributed by atoms with Crippen molar-refractivity contribution >= 4 is 12.0 Å². The average molecular weight is 325 g/mol. The Morgan fingerprint density at radius 2 is 1.96 bits per heavy atom. The summed E-state index contributed by atoms with van der Waals surface area (Å²) in [7, 11) is 0. The molecule has 2 aromatic rings. The second-order valence-corrected chi connectivity index (χ2v) is 4.77. The van der Waals surface area contributed by atoms with Crippen molar-refractivity contribution in [3.05, 3.63) is 65.6 Å². The van der Waals surface area contributed by atoms with Gasteiger partial charge in [0, 0.05) is 18.2 Å². The summed E-state index contributed by atoms with van der Waals surface area (Å²) in [5.74, 6) is -0.433. The van der Waals surface area contributed by atoms with E-state index in [1.165, 1.54) is 36.8 Å². The van der Waals surface area contributed by atoms with Gasteiger partial charge in [-0.3, -0.25) is 4.79 Å². The monoisotopic (exact) mass is 325 g/mol. The lowest BCUT2D eigenvalue weighted by atomic mass is 10.1. The molecule has 1 aromatic heterocycles. The van der Waals surface area contributed by atoms with Gasteiger partial charge in [-0.1, -0.05) is 12.1 Å². The Hall–Kier alpha value is -2.54. The third-order valence-corrected chi connectivity index (χ3v) is 3.06. The van der Waals surface area contributed by atoms with E-state index >= 15 is 0 Å². The number of hydrogen-bond donors (Lipinski definition) is 2. The molecular weight excluding hydrogens is 311 g/mol. The second kappa shape index (κ2) is 7.15. The Morgan fingerprint density at radius 3 is 2.52 bits per heavy atom. The number of furan rings is 1. The Kier molecular flexibility index (Phi) is 5.23. The van der Waals surface area contributed by atoms with E-state index < -0.39 is 23.8 Å². The number of hydrogen-bond acceptors (Lipinski definition) is 3. The number of carbonyl (C=O) groups excluding carboxylic acids is 1. The van der Waals surface area contributed by atoms with Crippen LogP contribution in [0.1, 0.15) is 22.8 Å². The van der Waals surface area contributed by atoms with Crippen molar-refractivity contribution in [3.8, 4) is 0 Å². The first-order chi connectivity index (χ1) is 10.9. The molecule has 0 bridgehead atoms. The Balaban J connectivity index is 1.87. The maximum absolute atomic E-state index is 12.4. The molecule has 1 unspecified atom stereocenters. The summed E-state index contributed by atoms with van der Waals surface area (Å²) in [4.78, 5) is 11.6. The van der Waals surface area contributed by atoms with Crippen LogP contribution in [-0.2, 0) is 11.0 Å². The largest absolute Gasteiger partial charge is 0.472 e. The molecule has 7 heteroatoms. The van der Waals surface area contributed by atoms with Gasteiger partial charge in [0.15, 0.2) is 0 Å². The molecule has 122 valence electrons. The molecule has 0 aliphatic heterocycles. The van der Waals surface area contributed by atoms with Gasteiger partial charge in [0.1, 0.15) is 0 Å². The normalized spacial score (nSPS) is 13.2. The van der Waals surface area contributed by atoms with E-state index in [-0.39, 0.29) is 12.1 Å². The molecule has 0 saturated carbocycles. The number of aliphatic hydroxyl groups is 1. The molecule has 23 heavy (non-hydrogen) atoms. The first-order valence-electron chi connectivity index (χ1n) is 6.69. The molecule has 0 fully saturated rings. The van der Waals surface area contributed by atoms with Crippen LogP contribution in [0, 0.1) is 0 Å². The molecule has 2 rings (SSSR count). The maximum atomic E-state index is 12.4. The van der Waals surface area contributed by atoms with Crippen LogP contribution < -0.4 is 5.32 Å². The summed E-state index contributed by atoms with van der Waals surface area (Å²) in [6.07, 6.45) is 0.208. The van der Waals surface area contributed by atoms with Crippen LogP contribution in [0.5, 0.6) is 0 Å². The van der Waals surface area contributed by atoms with E-state index in [9.17, 15) is 23.1 Å². The van der Waals surface area contributed by atoms with E-state index in [4.69, 9.17) is 4.42 Å². The number of nitrogens with one attached hydrogen (secondary N) is 1. The van der Waals surface area contributed by atoms with E-state index in [0.717, 1.165) is 12.1 Å². The van der Waals surface area contributed by atoms with Gasteiger partial charge in [-0.25, -0.2) is 0 Å². The van der Waals surface area contributed by atoms with Crippen LogP contribution in [0.25, 0.3) is 6.08 Å². The van der Waals surface area contributed by atoms with Crippen LogP contribution in [0.15, 0.2) is 53.4 Å². The number of amides is 1. The van der Waals surface area contributed by atoms with Gasteiger partial charge in [-0.05, 0) is 29.8 Å². The fourth-order valence-electron chi connectivity index (χ4n) is 1.81. The van der Waals surface area contributed by atoms with Gasteiger partial charge < -0.3 is 14.8 Å². The van der Waals surface area contributed by atoms with Gasteiger partial charge in [0.25, 0.3) is 0 Å². The van der Waals surface area contributed by atoms with E-state index in [2.05, 4.69) is 5.32 Å². The summed E-state index contributed by atoms with van der Waals surface area (Å²) < 4.78 is 42.2. The highest BCUT2D eigenvalue weighted by Gasteiger charge is 2.30. The van der Waals surface area contributed by atoms with Crippen LogP contribution >= 0.6 is 0 Å². The Morgan fingerprint density at radius 1 is 1.26 bits per heavy atom. The van der Waals surface area contributed by atoms with Crippen LogP contribution in [0.3, 0.4) is 0 Å². The van der Waals surface area contributed by atoms with Crippen molar-refractivity contribution in [1.29, 1.82) is 0 Å². The smallest absolute Gasteiger partial charge is 0.416 e. The summed E-state index contributed by atoms with van der Waals surface area (Å²) in [6.45, 7) is -0.111. The first-order valence-corrected chi connectivity index (χ1v) is 6.69. The number of alkyl halides is 3. The Bertz CT molecular complexity index is 661. The Labute approximate surface area is 130 Å². The number of halogens is 3. The maximum Gasteiger partial charge on any atom is 0.416 e. The summed E-state index contributed by atoms with van der Waals surface area (Å²) in [6, 6.07) is 5.81. The van der Waals surface area contributed by atoms with Gasteiger partial charge in [-0.2, -0.15) is 13.2 Å². The van der Waals surface area contributed by atoms with E-state index in [1.54, 1.807) is 6.07 Å². The topological polar surface area (TPSA) is 62.5 Å². The minimum atomic E-state index is -4.42. The number of benzene rings is 1. The molecule has 0 aliphatic carbocycles. The molecule has 0 radical (unpaired) electrons. The average Bonchev–Trinajstić information content (AvgIpc) is 3.03. The lowest BCUT2D eigenvalue weighted by molar-refractivity contribution is -0.137. The van der Waals surface area contributed by atoms with Crippen LogP contribution in [-0.4, -0.2) is 17.6 Å². The van der Waals surface area contributed by atoms with Gasteiger partial charge in [0.2, 0.25) is 5.91 Å². The van der Waals surface area contributed by atoms with Crippen molar-refractivity contribution in [2.45, 2.75) is 12.3 Å². The zero-order valence-electron chi connectivity index (χ0n) is 11.9. The summed E-state index contributed by atoms with van der Waals surface area (Å²) in [5.41, 5.74) is 0.209. The summed E-state index contributed by atoms with van der Waals surface area (Å²) >= 11 is 0. The minimum Gasteiger partial charge on any atom is -0.472 e. The van der Waals surface area contributed by atoms with Crippen molar-refractivity contribution in [3.63, 3.8) is 0 Å². The van der Waals surface area contributed by atoms with Gasteiger partial charge in [0.05, 0.1) is 24.2 Å².